The van der Waals surface area contributed by atoms with Gasteiger partial charge in [-0.25, -0.2) is 8.42 Å². The average molecular weight is 311 g/mol. The van der Waals surface area contributed by atoms with Gasteiger partial charge in [0.2, 0.25) is 0 Å². The van der Waals surface area contributed by atoms with Crippen molar-refractivity contribution in [2.75, 3.05) is 11.3 Å². The third-order valence-corrected chi connectivity index (χ3v) is 5.20. The maximum Gasteiger partial charge on any atom is 0.262 e. The monoisotopic (exact) mass is 311 g/mol. The van der Waals surface area contributed by atoms with Gasteiger partial charge in [0.05, 0.1) is 16.8 Å². The van der Waals surface area contributed by atoms with Crippen molar-refractivity contribution < 1.29 is 8.42 Å². The van der Waals surface area contributed by atoms with Gasteiger partial charge < -0.3 is 5.32 Å². The quantitative estimate of drug-likeness (QED) is 0.859. The highest BCUT2D eigenvalue weighted by molar-refractivity contribution is 7.92. The Morgan fingerprint density at radius 2 is 2.20 bits per heavy atom. The highest BCUT2D eigenvalue weighted by Gasteiger charge is 2.17. The number of thiophene rings is 1. The number of anilines is 1. The van der Waals surface area contributed by atoms with Crippen molar-refractivity contribution >= 4 is 27.0 Å². The van der Waals surface area contributed by atoms with Crippen LogP contribution in [0.2, 0.25) is 0 Å². The number of rotatable bonds is 6. The molecule has 0 atom stereocenters. The molecule has 0 saturated heterocycles. The van der Waals surface area contributed by atoms with Crippen molar-refractivity contribution in [3.63, 3.8) is 0 Å². The van der Waals surface area contributed by atoms with Crippen LogP contribution in [-0.2, 0) is 16.6 Å². The first-order valence-corrected chi connectivity index (χ1v) is 8.61. The van der Waals surface area contributed by atoms with Crippen molar-refractivity contribution in [2.45, 2.75) is 25.3 Å². The molecule has 2 rings (SSSR count). The molecular formula is C13H17N3O2S2. The largest absolute Gasteiger partial charge is 0.312 e. The fourth-order valence-electron chi connectivity index (χ4n) is 1.62. The van der Waals surface area contributed by atoms with Crippen molar-refractivity contribution in [3.05, 3.63) is 40.3 Å². The molecule has 0 spiro atoms. The fraction of sp³-hybridized carbons (Fsp3) is 0.308. The zero-order valence-electron chi connectivity index (χ0n) is 11.4. The van der Waals surface area contributed by atoms with E-state index < -0.39 is 10.0 Å². The summed E-state index contributed by atoms with van der Waals surface area (Å²) in [5.74, 6) is 0. The van der Waals surface area contributed by atoms with Gasteiger partial charge in [0.25, 0.3) is 10.0 Å². The molecule has 0 aliphatic rings. The SMILES string of the molecule is CCNCc1cc(S(=O)(=O)Nc2cnccc2C)cs1. The summed E-state index contributed by atoms with van der Waals surface area (Å²) in [6.45, 7) is 5.39. The van der Waals surface area contributed by atoms with Crippen LogP contribution in [0.3, 0.4) is 0 Å². The molecular weight excluding hydrogens is 294 g/mol. The van der Waals surface area contributed by atoms with E-state index in [2.05, 4.69) is 15.0 Å². The number of hydrogen-bond acceptors (Lipinski definition) is 5. The lowest BCUT2D eigenvalue weighted by molar-refractivity contribution is 0.601. The first-order valence-electron chi connectivity index (χ1n) is 6.24. The van der Waals surface area contributed by atoms with E-state index in [0.29, 0.717) is 17.1 Å². The van der Waals surface area contributed by atoms with E-state index in [-0.39, 0.29) is 0 Å². The Morgan fingerprint density at radius 1 is 1.40 bits per heavy atom. The Labute approximate surface area is 123 Å². The first-order chi connectivity index (χ1) is 9.53. The number of nitrogens with zero attached hydrogens (tertiary/aromatic N) is 1. The molecule has 0 bridgehead atoms. The number of aryl methyl sites for hydroxylation is 1. The predicted octanol–water partition coefficient (Wildman–Crippen LogP) is 2.36. The molecule has 0 amide bonds. The Morgan fingerprint density at radius 3 is 2.90 bits per heavy atom. The maximum absolute atomic E-state index is 12.3. The van der Waals surface area contributed by atoms with Crippen LogP contribution in [0.25, 0.3) is 0 Å². The molecule has 7 heteroatoms. The van der Waals surface area contributed by atoms with Crippen molar-refractivity contribution in [3.8, 4) is 0 Å². The van der Waals surface area contributed by atoms with Crippen LogP contribution in [0.5, 0.6) is 0 Å². The second-order valence-corrected chi connectivity index (χ2v) is 7.00. The summed E-state index contributed by atoms with van der Waals surface area (Å²) in [5, 5.41) is 4.83. The van der Waals surface area contributed by atoms with E-state index in [1.807, 2.05) is 13.8 Å². The Bertz CT molecular complexity index is 680. The van der Waals surface area contributed by atoms with Gasteiger partial charge in [0.15, 0.2) is 0 Å². The average Bonchev–Trinajstić information content (AvgIpc) is 2.88. The number of hydrogen-bond donors (Lipinski definition) is 2. The summed E-state index contributed by atoms with van der Waals surface area (Å²) >= 11 is 1.43. The summed E-state index contributed by atoms with van der Waals surface area (Å²) in [6, 6.07) is 3.46. The van der Waals surface area contributed by atoms with Gasteiger partial charge >= 0.3 is 0 Å². The predicted molar refractivity (Wildman–Crippen MR) is 81.5 cm³/mol. The summed E-state index contributed by atoms with van der Waals surface area (Å²) in [5.41, 5.74) is 1.35. The van der Waals surface area contributed by atoms with E-state index in [4.69, 9.17) is 0 Å². The van der Waals surface area contributed by atoms with Crippen LogP contribution < -0.4 is 10.0 Å². The minimum absolute atomic E-state index is 0.290. The first kappa shape index (κ1) is 15.0. The Hall–Kier alpha value is -1.44. The second kappa shape index (κ2) is 6.34. The van der Waals surface area contributed by atoms with Crippen LogP contribution in [0.4, 0.5) is 5.69 Å². The van der Waals surface area contributed by atoms with Gasteiger partial charge in [-0.3, -0.25) is 9.71 Å². The van der Waals surface area contributed by atoms with Gasteiger partial charge in [-0.15, -0.1) is 11.3 Å². The van der Waals surface area contributed by atoms with Crippen molar-refractivity contribution in [1.29, 1.82) is 0 Å². The topological polar surface area (TPSA) is 71.1 Å². The Balaban J connectivity index is 2.18. The summed E-state index contributed by atoms with van der Waals surface area (Å²) < 4.78 is 27.1. The minimum Gasteiger partial charge on any atom is -0.312 e. The van der Waals surface area contributed by atoms with Crippen molar-refractivity contribution in [1.82, 2.24) is 10.3 Å². The van der Waals surface area contributed by atoms with Crippen LogP contribution in [0.15, 0.2) is 34.8 Å². The minimum atomic E-state index is -3.55. The molecule has 20 heavy (non-hydrogen) atoms. The van der Waals surface area contributed by atoms with Crippen LogP contribution in [0.1, 0.15) is 17.4 Å². The molecule has 5 nitrogen and oxygen atoms in total. The molecule has 0 fully saturated rings. The standard InChI is InChI=1S/C13H17N3O2S2/c1-3-14-7-11-6-12(9-19-11)20(17,18)16-13-8-15-5-4-10(13)2/h4-6,8-9,14,16H,3,7H2,1-2H3. The third-order valence-electron chi connectivity index (χ3n) is 2.77. The van der Waals surface area contributed by atoms with Gasteiger partial charge in [0, 0.05) is 23.0 Å². The zero-order chi connectivity index (χ0) is 14.6. The number of pyridine rings is 1. The van der Waals surface area contributed by atoms with E-state index >= 15 is 0 Å². The lowest BCUT2D eigenvalue weighted by Gasteiger charge is -2.08. The molecule has 2 heterocycles. The van der Waals surface area contributed by atoms with Gasteiger partial charge in [0.1, 0.15) is 0 Å². The van der Waals surface area contributed by atoms with Crippen LogP contribution in [-0.4, -0.2) is 19.9 Å². The van der Waals surface area contributed by atoms with Crippen LogP contribution >= 0.6 is 11.3 Å². The molecule has 0 aromatic carbocycles. The van der Waals surface area contributed by atoms with Gasteiger partial charge in [-0.1, -0.05) is 6.92 Å². The molecule has 2 aromatic rings. The lowest BCUT2D eigenvalue weighted by atomic mass is 10.3. The molecule has 2 N–H and O–H groups in total. The van der Waals surface area contributed by atoms with E-state index in [0.717, 1.165) is 17.0 Å². The molecule has 0 aliphatic heterocycles. The van der Waals surface area contributed by atoms with Crippen molar-refractivity contribution in [2.24, 2.45) is 0 Å². The highest BCUT2D eigenvalue weighted by atomic mass is 32.2. The lowest BCUT2D eigenvalue weighted by Crippen LogP contribution is -2.13. The van der Waals surface area contributed by atoms with Gasteiger partial charge in [-0.05, 0) is 31.2 Å². The summed E-state index contributed by atoms with van der Waals surface area (Å²) in [6.07, 6.45) is 3.14. The van der Waals surface area contributed by atoms with E-state index in [1.165, 1.54) is 17.5 Å². The normalized spacial score (nSPS) is 11.5. The molecule has 2 aromatic heterocycles. The molecule has 0 aliphatic carbocycles. The second-order valence-electron chi connectivity index (χ2n) is 4.33. The summed E-state index contributed by atoms with van der Waals surface area (Å²) in [4.78, 5) is 5.22. The molecule has 0 unspecified atom stereocenters. The van der Waals surface area contributed by atoms with E-state index in [1.54, 1.807) is 23.7 Å². The van der Waals surface area contributed by atoms with Crippen LogP contribution in [0, 0.1) is 6.92 Å². The number of sulfonamides is 1. The number of nitrogens with one attached hydrogen (secondary N) is 2. The number of aromatic nitrogens is 1. The Kier molecular flexibility index (Phi) is 4.74. The van der Waals surface area contributed by atoms with E-state index in [9.17, 15) is 8.42 Å². The summed E-state index contributed by atoms with van der Waals surface area (Å²) in [7, 11) is -3.55. The maximum atomic E-state index is 12.3. The highest BCUT2D eigenvalue weighted by Crippen LogP contribution is 2.23. The molecule has 0 saturated carbocycles. The smallest absolute Gasteiger partial charge is 0.262 e. The molecule has 108 valence electrons. The third kappa shape index (κ3) is 3.56. The molecule has 0 radical (unpaired) electrons. The zero-order valence-corrected chi connectivity index (χ0v) is 13.0. The van der Waals surface area contributed by atoms with Gasteiger partial charge in [-0.2, -0.15) is 0 Å². The fourth-order valence-corrected chi connectivity index (χ4v) is 3.98.